The molecule has 0 bridgehead atoms. The molecule has 0 spiro atoms. The summed E-state index contributed by atoms with van der Waals surface area (Å²) in [5.74, 6) is 0. The van der Waals surface area contributed by atoms with E-state index in [1.807, 2.05) is 24.8 Å². The highest BCUT2D eigenvalue weighted by Crippen LogP contribution is 2.39. The van der Waals surface area contributed by atoms with E-state index in [-0.39, 0.29) is 0 Å². The maximum atomic E-state index is 4.51. The van der Waals surface area contributed by atoms with Gasteiger partial charge >= 0.3 is 0 Å². The van der Waals surface area contributed by atoms with Crippen molar-refractivity contribution in [1.82, 2.24) is 19.1 Å². The van der Waals surface area contributed by atoms with Crippen molar-refractivity contribution < 1.29 is 0 Å². The fraction of sp³-hybridized carbons (Fsp3) is 0.0476. The van der Waals surface area contributed by atoms with Gasteiger partial charge in [0.1, 0.15) is 0 Å². The number of rotatable bonds is 3. The second-order valence-electron chi connectivity index (χ2n) is 12.2. The highest BCUT2D eigenvalue weighted by molar-refractivity contribution is 6.18. The molecule has 0 fully saturated rings. The molecule has 0 radical (unpaired) electrons. The number of benzene rings is 5. The van der Waals surface area contributed by atoms with Crippen LogP contribution in [0.15, 0.2) is 140 Å². The normalized spacial score (nSPS) is 13.0. The molecule has 0 atom stereocenters. The predicted octanol–water partition coefficient (Wildman–Crippen LogP) is 10.5. The standard InChI is InChI=1S/C42H28N4/c1-3-7-33-29(5-1)13-19-37-35-21-23-43-25-39(35)45(41(33)37)31-15-9-27(10-16-31)28-11-17-32(18-12-28)46-40-26-44-24-22-36(40)38-20-14-30-6-2-4-8-34(30)42(38)46/h1,3-5,7-26H,2,6H2. The van der Waals surface area contributed by atoms with Crippen LogP contribution >= 0.6 is 0 Å². The number of nitrogens with zero attached hydrogens (tertiary/aromatic N) is 4. The molecule has 4 heteroatoms. The lowest BCUT2D eigenvalue weighted by Crippen LogP contribution is -2.00. The number of aromatic nitrogens is 4. The largest absolute Gasteiger partial charge is 0.307 e. The van der Waals surface area contributed by atoms with E-state index in [1.165, 1.54) is 65.6 Å². The van der Waals surface area contributed by atoms with E-state index in [2.05, 4.69) is 140 Å². The zero-order chi connectivity index (χ0) is 30.2. The molecule has 0 aliphatic heterocycles. The molecule has 4 aromatic heterocycles. The first-order chi connectivity index (χ1) is 22.8. The Balaban J connectivity index is 1.09. The maximum absolute atomic E-state index is 4.51. The molecule has 9 aromatic rings. The van der Waals surface area contributed by atoms with Crippen molar-refractivity contribution in [2.24, 2.45) is 0 Å². The lowest BCUT2D eigenvalue weighted by molar-refractivity contribution is 0.986. The average Bonchev–Trinajstić information content (AvgIpc) is 3.66. The molecule has 4 nitrogen and oxygen atoms in total. The van der Waals surface area contributed by atoms with Crippen molar-refractivity contribution in [2.75, 3.05) is 0 Å². The van der Waals surface area contributed by atoms with E-state index in [0.29, 0.717) is 0 Å². The molecule has 4 heterocycles. The Labute approximate surface area is 265 Å². The van der Waals surface area contributed by atoms with Crippen LogP contribution in [0.25, 0.3) is 83.0 Å². The highest BCUT2D eigenvalue weighted by Gasteiger charge is 2.19. The molecule has 0 N–H and O–H groups in total. The Morgan fingerprint density at radius 2 is 1.11 bits per heavy atom. The first-order valence-electron chi connectivity index (χ1n) is 15.9. The summed E-state index contributed by atoms with van der Waals surface area (Å²) in [5, 5.41) is 7.45. The van der Waals surface area contributed by atoms with Gasteiger partial charge < -0.3 is 9.13 Å². The molecule has 1 aliphatic rings. The van der Waals surface area contributed by atoms with Crippen molar-refractivity contribution in [2.45, 2.75) is 12.8 Å². The van der Waals surface area contributed by atoms with E-state index in [9.17, 15) is 0 Å². The Morgan fingerprint density at radius 3 is 1.80 bits per heavy atom. The van der Waals surface area contributed by atoms with Gasteiger partial charge in [0.2, 0.25) is 0 Å². The van der Waals surface area contributed by atoms with Crippen molar-refractivity contribution >= 4 is 60.5 Å². The topological polar surface area (TPSA) is 35.6 Å². The van der Waals surface area contributed by atoms with Gasteiger partial charge in [-0.1, -0.05) is 84.9 Å². The summed E-state index contributed by atoms with van der Waals surface area (Å²) < 4.78 is 4.75. The van der Waals surface area contributed by atoms with Crippen LogP contribution in [-0.4, -0.2) is 19.1 Å². The quantitative estimate of drug-likeness (QED) is 0.206. The minimum atomic E-state index is 1.08. The Hall–Kier alpha value is -6.00. The number of allylic oxidation sites excluding steroid dienone is 1. The maximum Gasteiger partial charge on any atom is 0.0724 e. The minimum Gasteiger partial charge on any atom is -0.307 e. The van der Waals surface area contributed by atoms with E-state index < -0.39 is 0 Å². The fourth-order valence-electron chi connectivity index (χ4n) is 7.63. The van der Waals surface area contributed by atoms with Gasteiger partial charge in [-0.3, -0.25) is 9.97 Å². The third kappa shape index (κ3) is 3.61. The number of hydrogen-bond acceptors (Lipinski definition) is 2. The van der Waals surface area contributed by atoms with Crippen LogP contribution in [0, 0.1) is 0 Å². The van der Waals surface area contributed by atoms with Gasteiger partial charge in [-0.25, -0.2) is 0 Å². The molecule has 216 valence electrons. The van der Waals surface area contributed by atoms with Crippen LogP contribution < -0.4 is 0 Å². The van der Waals surface area contributed by atoms with Crippen LogP contribution in [0.1, 0.15) is 17.5 Å². The first kappa shape index (κ1) is 25.3. The molecular formula is C42H28N4. The van der Waals surface area contributed by atoms with Crippen LogP contribution in [0.3, 0.4) is 0 Å². The van der Waals surface area contributed by atoms with Crippen molar-refractivity contribution in [3.05, 3.63) is 151 Å². The van der Waals surface area contributed by atoms with E-state index in [0.717, 1.165) is 35.2 Å². The minimum absolute atomic E-state index is 1.08. The molecular weight excluding hydrogens is 560 g/mol. The second-order valence-corrected chi connectivity index (χ2v) is 12.2. The number of hydrogen-bond donors (Lipinski definition) is 0. The number of aryl methyl sites for hydroxylation is 1. The van der Waals surface area contributed by atoms with Gasteiger partial charge in [0.25, 0.3) is 0 Å². The summed E-state index contributed by atoms with van der Waals surface area (Å²) in [6, 6.07) is 39.8. The molecule has 46 heavy (non-hydrogen) atoms. The first-order valence-corrected chi connectivity index (χ1v) is 15.9. The van der Waals surface area contributed by atoms with Gasteiger partial charge in [-0.2, -0.15) is 0 Å². The summed E-state index contributed by atoms with van der Waals surface area (Å²) in [7, 11) is 0. The zero-order valence-corrected chi connectivity index (χ0v) is 25.1. The highest BCUT2D eigenvalue weighted by atomic mass is 15.0. The molecule has 0 unspecified atom stereocenters. The Bertz CT molecular complexity index is 2670. The summed E-state index contributed by atoms with van der Waals surface area (Å²) in [6.45, 7) is 0. The van der Waals surface area contributed by atoms with E-state index in [1.54, 1.807) is 0 Å². The second kappa shape index (κ2) is 9.75. The van der Waals surface area contributed by atoms with Crippen molar-refractivity contribution in [1.29, 1.82) is 0 Å². The van der Waals surface area contributed by atoms with Gasteiger partial charge in [-0.15, -0.1) is 0 Å². The van der Waals surface area contributed by atoms with Crippen LogP contribution in [0.4, 0.5) is 0 Å². The summed E-state index contributed by atoms with van der Waals surface area (Å²) in [6.07, 6.45) is 14.5. The summed E-state index contributed by atoms with van der Waals surface area (Å²) >= 11 is 0. The van der Waals surface area contributed by atoms with Gasteiger partial charge in [0.05, 0.1) is 34.5 Å². The average molecular weight is 589 g/mol. The Morgan fingerprint density at radius 1 is 0.500 bits per heavy atom. The number of fused-ring (bicyclic) bond motifs is 10. The lowest BCUT2D eigenvalue weighted by Gasteiger charge is -2.15. The monoisotopic (exact) mass is 588 g/mol. The third-order valence-electron chi connectivity index (χ3n) is 9.77. The van der Waals surface area contributed by atoms with Crippen LogP contribution in [0.2, 0.25) is 0 Å². The fourth-order valence-corrected chi connectivity index (χ4v) is 7.63. The summed E-state index contributed by atoms with van der Waals surface area (Å²) in [5.41, 5.74) is 12.1. The third-order valence-corrected chi connectivity index (χ3v) is 9.77. The zero-order valence-electron chi connectivity index (χ0n) is 25.1. The Kier molecular flexibility index (Phi) is 5.37. The summed E-state index contributed by atoms with van der Waals surface area (Å²) in [4.78, 5) is 9.01. The van der Waals surface area contributed by atoms with E-state index in [4.69, 9.17) is 0 Å². The molecule has 0 saturated heterocycles. The molecule has 0 amide bonds. The lowest BCUT2D eigenvalue weighted by atomic mass is 9.95. The van der Waals surface area contributed by atoms with E-state index >= 15 is 0 Å². The van der Waals surface area contributed by atoms with Crippen LogP contribution in [-0.2, 0) is 6.42 Å². The SMILES string of the molecule is C1=Cc2c(ccc3c4ccncc4n(-c4ccc(-c5ccc(-n6c7cnccc7c7ccc8ccccc8c76)cc5)cc4)c23)CC1. The molecule has 0 saturated carbocycles. The van der Waals surface area contributed by atoms with Crippen molar-refractivity contribution in [3.63, 3.8) is 0 Å². The molecule has 5 aromatic carbocycles. The van der Waals surface area contributed by atoms with Gasteiger partial charge in [-0.05, 0) is 71.3 Å². The molecule has 10 rings (SSSR count). The number of pyridine rings is 2. The van der Waals surface area contributed by atoms with Crippen molar-refractivity contribution in [3.8, 4) is 22.5 Å². The molecule has 1 aliphatic carbocycles. The van der Waals surface area contributed by atoms with Gasteiger partial charge in [0, 0.05) is 56.3 Å². The smallest absolute Gasteiger partial charge is 0.0724 e. The van der Waals surface area contributed by atoms with Gasteiger partial charge in [0.15, 0.2) is 0 Å². The van der Waals surface area contributed by atoms with Crippen LogP contribution in [0.5, 0.6) is 0 Å². The predicted molar refractivity (Wildman–Crippen MR) is 191 cm³/mol.